The van der Waals surface area contributed by atoms with Crippen LogP contribution in [0.5, 0.6) is 0 Å². The average Bonchev–Trinajstić information content (AvgIpc) is 3.59. The zero-order valence-electron chi connectivity index (χ0n) is 23.3. The molecule has 1 aliphatic heterocycles. The number of nitrogens with zero attached hydrogens (tertiary/aromatic N) is 1. The number of H-pyrrole nitrogens is 1. The van der Waals surface area contributed by atoms with Crippen molar-refractivity contribution in [3.8, 4) is 0 Å². The van der Waals surface area contributed by atoms with Gasteiger partial charge in [0.05, 0.1) is 47.4 Å². The van der Waals surface area contributed by atoms with Crippen molar-refractivity contribution in [1.29, 1.82) is 0 Å². The summed E-state index contributed by atoms with van der Waals surface area (Å²) in [6, 6.07) is 9.89. The smallest absolute Gasteiger partial charge is 0.306 e. The number of fused-ring (bicyclic) bond motifs is 1. The van der Waals surface area contributed by atoms with Gasteiger partial charge in [-0.2, -0.15) is 0 Å². The minimum absolute atomic E-state index is 0.000731. The number of benzene rings is 2. The SMILES string of the molecule is O=C(Nc1cc(F)c(CC(=O)N2CC(C3CC3)C[C@H]2COC2CCC(C(=O)O)CC2)cc1Cl)c1c[nH]c2ccccc12. The molecule has 2 atom stereocenters. The van der Waals surface area contributed by atoms with Gasteiger partial charge in [0.2, 0.25) is 5.91 Å². The third kappa shape index (κ3) is 6.17. The van der Waals surface area contributed by atoms with Crippen molar-refractivity contribution in [2.45, 2.75) is 63.5 Å². The number of hydrogen-bond acceptors (Lipinski definition) is 4. The van der Waals surface area contributed by atoms with Gasteiger partial charge in [0.1, 0.15) is 5.82 Å². The van der Waals surface area contributed by atoms with E-state index in [9.17, 15) is 19.5 Å². The van der Waals surface area contributed by atoms with Crippen LogP contribution in [-0.2, 0) is 20.7 Å². The summed E-state index contributed by atoms with van der Waals surface area (Å²) in [6.45, 7) is 1.04. The molecule has 1 unspecified atom stereocenters. The molecule has 2 aromatic carbocycles. The highest BCUT2D eigenvalue weighted by atomic mass is 35.5. The van der Waals surface area contributed by atoms with E-state index in [0.29, 0.717) is 56.2 Å². The van der Waals surface area contributed by atoms with Crippen LogP contribution in [-0.4, -0.2) is 58.1 Å². The molecule has 0 radical (unpaired) electrons. The topological polar surface area (TPSA) is 112 Å². The van der Waals surface area contributed by atoms with Crippen LogP contribution in [0.1, 0.15) is 60.9 Å². The van der Waals surface area contributed by atoms with Gasteiger partial charge in [-0.1, -0.05) is 29.8 Å². The molecule has 1 aromatic heterocycles. The van der Waals surface area contributed by atoms with Crippen molar-refractivity contribution in [3.63, 3.8) is 0 Å². The van der Waals surface area contributed by atoms with Crippen molar-refractivity contribution in [2.75, 3.05) is 18.5 Å². The van der Waals surface area contributed by atoms with Crippen LogP contribution in [0.3, 0.4) is 0 Å². The predicted octanol–water partition coefficient (Wildman–Crippen LogP) is 6.04. The van der Waals surface area contributed by atoms with Gasteiger partial charge in [-0.05, 0) is 80.5 Å². The number of carbonyl (C=O) groups is 3. The van der Waals surface area contributed by atoms with Crippen molar-refractivity contribution >= 4 is 46.0 Å². The predicted molar refractivity (Wildman–Crippen MR) is 157 cm³/mol. The van der Waals surface area contributed by atoms with Crippen molar-refractivity contribution in [1.82, 2.24) is 9.88 Å². The Morgan fingerprint density at radius 3 is 2.57 bits per heavy atom. The molecule has 3 fully saturated rings. The summed E-state index contributed by atoms with van der Waals surface area (Å²) >= 11 is 6.46. The molecule has 222 valence electrons. The number of para-hydroxylation sites is 1. The molecule has 3 N–H and O–H groups in total. The van der Waals surface area contributed by atoms with Gasteiger partial charge in [0, 0.05) is 23.6 Å². The first kappa shape index (κ1) is 28.7. The molecule has 42 heavy (non-hydrogen) atoms. The third-order valence-corrected chi connectivity index (χ3v) is 9.48. The second kappa shape index (κ2) is 12.1. The molecule has 2 heterocycles. The van der Waals surface area contributed by atoms with Crippen LogP contribution in [0.4, 0.5) is 10.1 Å². The minimum Gasteiger partial charge on any atom is -0.481 e. The largest absolute Gasteiger partial charge is 0.481 e. The molecule has 2 aliphatic carbocycles. The number of ether oxygens (including phenoxy) is 1. The summed E-state index contributed by atoms with van der Waals surface area (Å²) in [5.74, 6) is -1.20. The number of anilines is 1. The van der Waals surface area contributed by atoms with Crippen LogP contribution in [0.25, 0.3) is 10.9 Å². The zero-order valence-corrected chi connectivity index (χ0v) is 24.0. The molecule has 3 aliphatic rings. The van der Waals surface area contributed by atoms with Gasteiger partial charge in [0.15, 0.2) is 0 Å². The highest BCUT2D eigenvalue weighted by Gasteiger charge is 2.43. The van der Waals surface area contributed by atoms with Gasteiger partial charge in [-0.15, -0.1) is 0 Å². The third-order valence-electron chi connectivity index (χ3n) is 9.16. The molecule has 8 nitrogen and oxygen atoms in total. The Hall–Kier alpha value is -3.43. The van der Waals surface area contributed by atoms with E-state index in [2.05, 4.69) is 10.3 Å². The average molecular weight is 596 g/mol. The highest BCUT2D eigenvalue weighted by Crippen LogP contribution is 2.43. The molecule has 2 amide bonds. The fraction of sp³-hybridized carbons (Fsp3) is 0.469. The number of halogens is 2. The maximum absolute atomic E-state index is 15.3. The Labute approximate surface area is 248 Å². The van der Waals surface area contributed by atoms with Crippen LogP contribution < -0.4 is 5.32 Å². The number of hydrogen-bond donors (Lipinski definition) is 3. The van der Waals surface area contributed by atoms with Gasteiger partial charge in [0.25, 0.3) is 5.91 Å². The number of carboxylic acids is 1. The first-order valence-electron chi connectivity index (χ1n) is 14.8. The lowest BCUT2D eigenvalue weighted by atomic mass is 9.87. The lowest BCUT2D eigenvalue weighted by Crippen LogP contribution is -2.40. The monoisotopic (exact) mass is 595 g/mol. The fourth-order valence-electron chi connectivity index (χ4n) is 6.58. The van der Waals surface area contributed by atoms with Crippen LogP contribution in [0, 0.1) is 23.6 Å². The quantitative estimate of drug-likeness (QED) is 0.279. The molecule has 3 aromatic rings. The molecule has 6 rings (SSSR count). The fourth-order valence-corrected chi connectivity index (χ4v) is 6.82. The highest BCUT2D eigenvalue weighted by molar-refractivity contribution is 6.34. The Morgan fingerprint density at radius 2 is 1.83 bits per heavy atom. The van der Waals surface area contributed by atoms with Gasteiger partial charge in [-0.3, -0.25) is 14.4 Å². The van der Waals surface area contributed by atoms with Crippen LogP contribution >= 0.6 is 11.6 Å². The number of carboxylic acid groups (broad SMARTS) is 1. The number of rotatable bonds is 9. The van der Waals surface area contributed by atoms with E-state index in [-0.39, 0.29) is 46.7 Å². The number of likely N-dealkylation sites (tertiary alicyclic amines) is 1. The summed E-state index contributed by atoms with van der Waals surface area (Å²) in [7, 11) is 0. The number of aromatic amines is 1. The van der Waals surface area contributed by atoms with E-state index >= 15 is 4.39 Å². The van der Waals surface area contributed by atoms with Crippen molar-refractivity contribution in [3.05, 3.63) is 64.6 Å². The van der Waals surface area contributed by atoms with Gasteiger partial charge in [-0.25, -0.2) is 4.39 Å². The van der Waals surface area contributed by atoms with E-state index in [0.717, 1.165) is 17.3 Å². The molecule has 0 bridgehead atoms. The first-order chi connectivity index (χ1) is 20.3. The molecule has 0 spiro atoms. The number of amides is 2. The van der Waals surface area contributed by atoms with Gasteiger partial charge < -0.3 is 25.0 Å². The Bertz CT molecular complexity index is 1500. The minimum atomic E-state index is -0.745. The standard InChI is InChI=1S/C32H35ClFN3O5/c33-26-12-20(27(34)14-29(26)36-31(39)25-15-35-28-4-2-1-3-24(25)28)13-30(38)37-16-21(18-5-6-18)11-22(37)17-42-23-9-7-19(8-10-23)32(40)41/h1-4,12,14-15,18-19,21-23,35H,5-11,13,16-17H2,(H,36,39)(H,40,41)/t19?,21?,22-,23?/m0/s1. The Morgan fingerprint density at radius 1 is 1.07 bits per heavy atom. The molecule has 1 saturated heterocycles. The maximum Gasteiger partial charge on any atom is 0.306 e. The number of aliphatic carboxylic acids is 1. The first-order valence-corrected chi connectivity index (χ1v) is 15.1. The zero-order chi connectivity index (χ0) is 29.4. The van der Waals surface area contributed by atoms with Crippen molar-refractivity contribution < 1.29 is 28.6 Å². The van der Waals surface area contributed by atoms with Crippen LogP contribution in [0.15, 0.2) is 42.6 Å². The summed E-state index contributed by atoms with van der Waals surface area (Å²) in [6.07, 6.45) is 7.30. The van der Waals surface area contributed by atoms with E-state index < -0.39 is 17.7 Å². The lowest BCUT2D eigenvalue weighted by molar-refractivity contribution is -0.144. The van der Waals surface area contributed by atoms with E-state index in [4.69, 9.17) is 16.3 Å². The van der Waals surface area contributed by atoms with E-state index in [1.54, 1.807) is 6.20 Å². The number of aromatic nitrogens is 1. The summed E-state index contributed by atoms with van der Waals surface area (Å²) < 4.78 is 21.5. The summed E-state index contributed by atoms with van der Waals surface area (Å²) in [4.78, 5) is 42.6. The molecule has 2 saturated carbocycles. The lowest BCUT2D eigenvalue weighted by Gasteiger charge is -2.30. The van der Waals surface area contributed by atoms with Crippen molar-refractivity contribution in [2.24, 2.45) is 17.8 Å². The Kier molecular flexibility index (Phi) is 8.23. The van der Waals surface area contributed by atoms with Gasteiger partial charge >= 0.3 is 5.97 Å². The van der Waals surface area contributed by atoms with E-state index in [1.807, 2.05) is 29.2 Å². The normalized spacial score (nSPS) is 24.2. The molecular weight excluding hydrogens is 561 g/mol. The number of nitrogens with one attached hydrogen (secondary N) is 2. The second-order valence-corrected chi connectivity index (χ2v) is 12.4. The molecule has 10 heteroatoms. The maximum atomic E-state index is 15.3. The van der Waals surface area contributed by atoms with Crippen LogP contribution in [0.2, 0.25) is 5.02 Å². The summed E-state index contributed by atoms with van der Waals surface area (Å²) in [5.41, 5.74) is 1.55. The number of carbonyl (C=O) groups excluding carboxylic acids is 2. The summed E-state index contributed by atoms with van der Waals surface area (Å²) in [5, 5.41) is 12.9. The van der Waals surface area contributed by atoms with E-state index in [1.165, 1.54) is 25.0 Å². The second-order valence-electron chi connectivity index (χ2n) is 12.0. The molecular formula is C32H35ClFN3O5. The Balaban J connectivity index is 1.10.